The van der Waals surface area contributed by atoms with Gasteiger partial charge in [-0.2, -0.15) is 4.31 Å². The van der Waals surface area contributed by atoms with Crippen LogP contribution in [0.5, 0.6) is 0 Å². The third-order valence-corrected chi connectivity index (χ3v) is 4.11. The SMILES string of the molecule is COCCCNC(=O)/C=C/c1ccc(CN(C)S(C)(=O)=O)o1. The van der Waals surface area contributed by atoms with Crippen LogP contribution in [0.2, 0.25) is 0 Å². The van der Waals surface area contributed by atoms with E-state index in [1.807, 2.05) is 0 Å². The van der Waals surface area contributed by atoms with E-state index >= 15 is 0 Å². The summed E-state index contributed by atoms with van der Waals surface area (Å²) in [5.41, 5.74) is 0. The quantitative estimate of drug-likeness (QED) is 0.535. The van der Waals surface area contributed by atoms with Crippen molar-refractivity contribution in [2.24, 2.45) is 0 Å². The van der Waals surface area contributed by atoms with Crippen LogP contribution >= 0.6 is 0 Å². The van der Waals surface area contributed by atoms with Crippen LogP contribution in [0.1, 0.15) is 17.9 Å². The van der Waals surface area contributed by atoms with Gasteiger partial charge in [0, 0.05) is 33.4 Å². The van der Waals surface area contributed by atoms with Crippen LogP contribution < -0.4 is 5.32 Å². The number of carbonyl (C=O) groups is 1. The minimum atomic E-state index is -3.25. The largest absolute Gasteiger partial charge is 0.460 e. The zero-order chi connectivity index (χ0) is 16.6. The number of ether oxygens (including phenoxy) is 1. The molecule has 1 amide bonds. The molecule has 8 heteroatoms. The van der Waals surface area contributed by atoms with Crippen LogP contribution in [-0.4, -0.2) is 52.2 Å². The monoisotopic (exact) mass is 330 g/mol. The summed E-state index contributed by atoms with van der Waals surface area (Å²) in [7, 11) is -0.170. The fraction of sp³-hybridized carbons (Fsp3) is 0.500. The molecule has 0 aliphatic rings. The Morgan fingerprint density at radius 3 is 2.82 bits per heavy atom. The predicted molar refractivity (Wildman–Crippen MR) is 83.6 cm³/mol. The highest BCUT2D eigenvalue weighted by atomic mass is 32.2. The third kappa shape index (κ3) is 6.88. The van der Waals surface area contributed by atoms with Crippen molar-refractivity contribution in [2.75, 3.05) is 33.6 Å². The predicted octanol–water partition coefficient (Wildman–Crippen LogP) is 0.837. The normalized spacial score (nSPS) is 12.2. The average molecular weight is 330 g/mol. The Hall–Kier alpha value is -1.64. The molecule has 0 aliphatic heterocycles. The summed E-state index contributed by atoms with van der Waals surface area (Å²) in [5, 5.41) is 2.71. The molecule has 1 heterocycles. The molecule has 1 aromatic rings. The number of nitrogens with zero attached hydrogens (tertiary/aromatic N) is 1. The second kappa shape index (κ2) is 8.72. The number of hydrogen-bond donors (Lipinski definition) is 1. The van der Waals surface area contributed by atoms with Crippen molar-refractivity contribution in [2.45, 2.75) is 13.0 Å². The maximum atomic E-state index is 11.5. The molecule has 7 nitrogen and oxygen atoms in total. The number of rotatable bonds is 9. The molecular formula is C14H22N2O5S. The lowest BCUT2D eigenvalue weighted by atomic mass is 10.3. The van der Waals surface area contributed by atoms with Crippen molar-refractivity contribution in [3.8, 4) is 0 Å². The van der Waals surface area contributed by atoms with Crippen molar-refractivity contribution in [3.63, 3.8) is 0 Å². The minimum Gasteiger partial charge on any atom is -0.460 e. The maximum Gasteiger partial charge on any atom is 0.244 e. The van der Waals surface area contributed by atoms with Gasteiger partial charge in [0.25, 0.3) is 0 Å². The standard InChI is InChI=1S/C14H22N2O5S/c1-16(22(3,18)19)11-13-6-5-12(21-13)7-8-14(17)15-9-4-10-20-2/h5-8H,4,9-11H2,1-3H3,(H,15,17)/b8-7+. The molecule has 0 radical (unpaired) electrons. The molecule has 124 valence electrons. The van der Waals surface area contributed by atoms with Gasteiger partial charge in [-0.15, -0.1) is 0 Å². The van der Waals surface area contributed by atoms with E-state index in [0.717, 1.165) is 12.7 Å². The first-order valence-electron chi connectivity index (χ1n) is 6.78. The first kappa shape index (κ1) is 18.4. The molecule has 0 saturated carbocycles. The van der Waals surface area contributed by atoms with Crippen molar-refractivity contribution >= 4 is 22.0 Å². The van der Waals surface area contributed by atoms with Crippen molar-refractivity contribution < 1.29 is 22.4 Å². The number of sulfonamides is 1. The second-order valence-corrected chi connectivity index (χ2v) is 6.88. The van der Waals surface area contributed by atoms with E-state index in [-0.39, 0.29) is 12.5 Å². The van der Waals surface area contributed by atoms with Gasteiger partial charge >= 0.3 is 0 Å². The summed E-state index contributed by atoms with van der Waals surface area (Å²) in [5.74, 6) is 0.777. The molecule has 0 spiro atoms. The van der Waals surface area contributed by atoms with Gasteiger partial charge < -0.3 is 14.5 Å². The van der Waals surface area contributed by atoms with Crippen LogP contribution in [0.3, 0.4) is 0 Å². The Balaban J connectivity index is 2.47. The van der Waals surface area contributed by atoms with Crippen molar-refractivity contribution in [1.82, 2.24) is 9.62 Å². The van der Waals surface area contributed by atoms with Crippen molar-refractivity contribution in [1.29, 1.82) is 0 Å². The molecule has 1 aromatic heterocycles. The summed E-state index contributed by atoms with van der Waals surface area (Å²) in [6.45, 7) is 1.29. The number of amides is 1. The maximum absolute atomic E-state index is 11.5. The first-order chi connectivity index (χ1) is 10.3. The van der Waals surface area contributed by atoms with Gasteiger partial charge in [0.15, 0.2) is 0 Å². The Bertz CT molecular complexity index is 607. The molecule has 1 rings (SSSR count). The molecule has 0 bridgehead atoms. The molecule has 0 atom stereocenters. The van der Waals surface area contributed by atoms with Gasteiger partial charge in [-0.25, -0.2) is 8.42 Å². The van der Waals surface area contributed by atoms with Crippen LogP contribution in [0.15, 0.2) is 22.6 Å². The van der Waals surface area contributed by atoms with Gasteiger partial charge in [-0.1, -0.05) is 0 Å². The van der Waals surface area contributed by atoms with E-state index in [1.54, 1.807) is 19.2 Å². The summed E-state index contributed by atoms with van der Waals surface area (Å²) >= 11 is 0. The van der Waals surface area contributed by atoms with Gasteiger partial charge in [0.2, 0.25) is 15.9 Å². The molecule has 0 fully saturated rings. The Morgan fingerprint density at radius 1 is 1.45 bits per heavy atom. The fourth-order valence-electron chi connectivity index (χ4n) is 1.55. The molecule has 0 unspecified atom stereocenters. The second-order valence-electron chi connectivity index (χ2n) is 4.79. The molecule has 0 saturated heterocycles. The van der Waals surface area contributed by atoms with Gasteiger partial charge in [-0.3, -0.25) is 4.79 Å². The number of nitrogens with one attached hydrogen (secondary N) is 1. The summed E-state index contributed by atoms with van der Waals surface area (Å²) in [6, 6.07) is 3.36. The van der Waals surface area contributed by atoms with Crippen LogP contribution in [0.4, 0.5) is 0 Å². The van der Waals surface area contributed by atoms with Crippen LogP contribution in [0, 0.1) is 0 Å². The highest BCUT2D eigenvalue weighted by Crippen LogP contribution is 2.12. The smallest absolute Gasteiger partial charge is 0.244 e. The molecule has 22 heavy (non-hydrogen) atoms. The first-order valence-corrected chi connectivity index (χ1v) is 8.62. The molecule has 0 aliphatic carbocycles. The Morgan fingerprint density at radius 2 is 2.18 bits per heavy atom. The lowest BCUT2D eigenvalue weighted by Crippen LogP contribution is -2.24. The fourth-order valence-corrected chi connectivity index (χ4v) is 1.91. The van der Waals surface area contributed by atoms with E-state index in [0.29, 0.717) is 24.7 Å². The Kier molecular flexibility index (Phi) is 7.30. The number of methoxy groups -OCH3 is 1. The van der Waals surface area contributed by atoms with E-state index in [1.165, 1.54) is 23.5 Å². The molecule has 1 N–H and O–H groups in total. The van der Waals surface area contributed by atoms with E-state index in [4.69, 9.17) is 9.15 Å². The number of hydrogen-bond acceptors (Lipinski definition) is 5. The van der Waals surface area contributed by atoms with Crippen molar-refractivity contribution in [3.05, 3.63) is 29.7 Å². The van der Waals surface area contributed by atoms with Gasteiger partial charge in [-0.05, 0) is 24.6 Å². The number of carbonyl (C=O) groups excluding carboxylic acids is 1. The molecule has 0 aromatic carbocycles. The van der Waals surface area contributed by atoms with Crippen LogP contribution in [0.25, 0.3) is 6.08 Å². The minimum absolute atomic E-state index is 0.149. The zero-order valence-electron chi connectivity index (χ0n) is 13.0. The van der Waals surface area contributed by atoms with E-state index in [2.05, 4.69) is 5.32 Å². The Labute approximate surface area is 131 Å². The average Bonchev–Trinajstić information content (AvgIpc) is 2.88. The third-order valence-electron chi connectivity index (χ3n) is 2.85. The van der Waals surface area contributed by atoms with Gasteiger partial charge in [0.05, 0.1) is 12.8 Å². The zero-order valence-corrected chi connectivity index (χ0v) is 13.9. The van der Waals surface area contributed by atoms with Crippen LogP contribution in [-0.2, 0) is 26.1 Å². The highest BCUT2D eigenvalue weighted by Gasteiger charge is 2.13. The summed E-state index contributed by atoms with van der Waals surface area (Å²) < 4.78 is 34.1. The topological polar surface area (TPSA) is 88.9 Å². The highest BCUT2D eigenvalue weighted by molar-refractivity contribution is 7.88. The van der Waals surface area contributed by atoms with E-state index < -0.39 is 10.0 Å². The lowest BCUT2D eigenvalue weighted by Gasteiger charge is -2.11. The number of furan rings is 1. The summed E-state index contributed by atoms with van der Waals surface area (Å²) in [6.07, 6.45) is 4.79. The van der Waals surface area contributed by atoms with Gasteiger partial charge in [0.1, 0.15) is 11.5 Å². The van der Waals surface area contributed by atoms with E-state index in [9.17, 15) is 13.2 Å². The lowest BCUT2D eigenvalue weighted by molar-refractivity contribution is -0.116. The molecular weight excluding hydrogens is 308 g/mol. The summed E-state index contributed by atoms with van der Waals surface area (Å²) in [4.78, 5) is 11.5.